The molecule has 0 radical (unpaired) electrons. The van der Waals surface area contributed by atoms with Gasteiger partial charge in [0.25, 0.3) is 0 Å². The molecule has 3 heteroatoms. The summed E-state index contributed by atoms with van der Waals surface area (Å²) in [5, 5.41) is 2.64. The molecule has 0 saturated carbocycles. The molecule has 3 nitrogen and oxygen atoms in total. The van der Waals surface area contributed by atoms with Gasteiger partial charge in [0, 0.05) is 7.05 Å². The Bertz CT molecular complexity index is 148. The Morgan fingerprint density at radius 3 is 2.38 bits per heavy atom. The summed E-state index contributed by atoms with van der Waals surface area (Å²) < 4.78 is 5.51. The van der Waals surface area contributed by atoms with E-state index in [0.29, 0.717) is 6.61 Å². The number of hydrogen-bond donors (Lipinski definition) is 1. The van der Waals surface area contributed by atoms with Crippen LogP contribution in [0.5, 0.6) is 0 Å². The van der Waals surface area contributed by atoms with Gasteiger partial charge in [-0.1, -0.05) is 13.8 Å². The van der Waals surface area contributed by atoms with Crippen molar-refractivity contribution in [3.8, 4) is 0 Å². The van der Waals surface area contributed by atoms with Gasteiger partial charge in [-0.25, -0.2) is 0 Å². The molecule has 0 spiro atoms. The predicted molar refractivity (Wildman–Crippen MR) is 53.6 cm³/mol. The summed E-state index contributed by atoms with van der Waals surface area (Å²) in [4.78, 5) is 11.3. The third-order valence-corrected chi connectivity index (χ3v) is 2.27. The van der Waals surface area contributed by atoms with Crippen molar-refractivity contribution in [2.24, 2.45) is 5.92 Å². The van der Waals surface area contributed by atoms with Gasteiger partial charge in [0.15, 0.2) is 0 Å². The van der Waals surface area contributed by atoms with Gasteiger partial charge in [0.1, 0.15) is 0 Å². The first kappa shape index (κ1) is 12.4. The molecule has 1 N–H and O–H groups in total. The number of nitrogens with one attached hydrogen (secondary N) is 1. The maximum absolute atomic E-state index is 11.3. The minimum Gasteiger partial charge on any atom is -0.378 e. The summed E-state index contributed by atoms with van der Waals surface area (Å²) in [7, 11) is 1.66. The van der Waals surface area contributed by atoms with Gasteiger partial charge in [-0.05, 0) is 19.8 Å². The topological polar surface area (TPSA) is 38.3 Å². The van der Waals surface area contributed by atoms with Gasteiger partial charge >= 0.3 is 0 Å². The van der Waals surface area contributed by atoms with E-state index in [9.17, 15) is 4.79 Å². The van der Waals surface area contributed by atoms with E-state index in [-0.39, 0.29) is 17.9 Å². The number of carbonyl (C=O) groups is 1. The van der Waals surface area contributed by atoms with E-state index >= 15 is 0 Å². The summed E-state index contributed by atoms with van der Waals surface area (Å²) in [6.07, 6.45) is 2.07. The van der Waals surface area contributed by atoms with Crippen molar-refractivity contribution in [1.82, 2.24) is 5.32 Å². The molecule has 0 aliphatic heterocycles. The fourth-order valence-electron chi connectivity index (χ4n) is 0.981. The highest BCUT2D eigenvalue weighted by molar-refractivity contribution is 5.78. The molecule has 13 heavy (non-hydrogen) atoms. The van der Waals surface area contributed by atoms with Crippen LogP contribution in [0.15, 0.2) is 0 Å². The molecular weight excluding hydrogens is 166 g/mol. The Balaban J connectivity index is 3.78. The normalized spacial score (nSPS) is 15.1. The van der Waals surface area contributed by atoms with E-state index in [2.05, 4.69) is 12.2 Å². The minimum absolute atomic E-state index is 0.000926. The highest BCUT2D eigenvalue weighted by Crippen LogP contribution is 2.06. The lowest BCUT2D eigenvalue weighted by atomic mass is 10.1. The molecule has 0 rings (SSSR count). The van der Waals surface area contributed by atoms with Gasteiger partial charge in [-0.15, -0.1) is 0 Å². The number of hydrogen-bond acceptors (Lipinski definition) is 2. The van der Waals surface area contributed by atoms with Crippen LogP contribution in [-0.2, 0) is 9.53 Å². The minimum atomic E-state index is -0.000926. The number of ether oxygens (including phenoxy) is 1. The van der Waals surface area contributed by atoms with Crippen LogP contribution < -0.4 is 5.32 Å². The van der Waals surface area contributed by atoms with Crippen molar-refractivity contribution in [1.29, 1.82) is 0 Å². The van der Waals surface area contributed by atoms with Crippen molar-refractivity contribution in [3.63, 3.8) is 0 Å². The zero-order valence-electron chi connectivity index (χ0n) is 9.09. The lowest BCUT2D eigenvalue weighted by molar-refractivity contribution is -0.127. The van der Waals surface area contributed by atoms with E-state index < -0.39 is 0 Å². The highest BCUT2D eigenvalue weighted by atomic mass is 16.5. The Kier molecular flexibility index (Phi) is 6.59. The molecule has 2 unspecified atom stereocenters. The van der Waals surface area contributed by atoms with E-state index in [1.807, 2.05) is 13.8 Å². The van der Waals surface area contributed by atoms with Crippen LogP contribution in [0.2, 0.25) is 0 Å². The molecular formula is C10H21NO2. The van der Waals surface area contributed by atoms with E-state index in [1.54, 1.807) is 7.05 Å². The summed E-state index contributed by atoms with van der Waals surface area (Å²) >= 11 is 0. The zero-order valence-corrected chi connectivity index (χ0v) is 9.09. The monoisotopic (exact) mass is 187 g/mol. The van der Waals surface area contributed by atoms with Crippen LogP contribution in [0, 0.1) is 5.92 Å². The lowest BCUT2D eigenvalue weighted by Crippen LogP contribution is -2.31. The standard InChI is InChI=1S/C10H21NO2/c1-5-8(3)13-7-9(6-2)10(12)11-4/h8-9H,5-7H2,1-4H3,(H,11,12). The van der Waals surface area contributed by atoms with Gasteiger partial charge in [-0.2, -0.15) is 0 Å². The molecule has 0 aromatic heterocycles. The molecule has 0 saturated heterocycles. The smallest absolute Gasteiger partial charge is 0.225 e. The summed E-state index contributed by atoms with van der Waals surface area (Å²) in [6, 6.07) is 0. The average Bonchev–Trinajstić information content (AvgIpc) is 2.17. The summed E-state index contributed by atoms with van der Waals surface area (Å²) in [6.45, 7) is 6.63. The van der Waals surface area contributed by atoms with E-state index in [4.69, 9.17) is 4.74 Å². The van der Waals surface area contributed by atoms with Gasteiger partial charge in [0.05, 0.1) is 18.6 Å². The van der Waals surface area contributed by atoms with Crippen molar-refractivity contribution in [3.05, 3.63) is 0 Å². The van der Waals surface area contributed by atoms with E-state index in [1.165, 1.54) is 0 Å². The molecule has 0 heterocycles. The molecule has 1 amide bonds. The molecule has 0 aromatic carbocycles. The first-order chi connectivity index (χ1) is 6.15. The number of amides is 1. The second kappa shape index (κ2) is 6.89. The van der Waals surface area contributed by atoms with Crippen molar-refractivity contribution in [2.45, 2.75) is 39.7 Å². The average molecular weight is 187 g/mol. The lowest BCUT2D eigenvalue weighted by Gasteiger charge is -2.16. The second-order valence-electron chi connectivity index (χ2n) is 3.27. The van der Waals surface area contributed by atoms with Crippen LogP contribution >= 0.6 is 0 Å². The SMILES string of the molecule is CCC(C)OCC(CC)C(=O)NC. The van der Waals surface area contributed by atoms with Gasteiger partial charge in [-0.3, -0.25) is 4.79 Å². The van der Waals surface area contributed by atoms with Crippen molar-refractivity contribution in [2.75, 3.05) is 13.7 Å². The molecule has 0 fully saturated rings. The van der Waals surface area contributed by atoms with Crippen LogP contribution in [0.25, 0.3) is 0 Å². The quantitative estimate of drug-likeness (QED) is 0.685. The number of carbonyl (C=O) groups excluding carboxylic acids is 1. The van der Waals surface area contributed by atoms with Crippen molar-refractivity contribution < 1.29 is 9.53 Å². The van der Waals surface area contributed by atoms with E-state index in [0.717, 1.165) is 12.8 Å². The van der Waals surface area contributed by atoms with Crippen molar-refractivity contribution >= 4 is 5.91 Å². The van der Waals surface area contributed by atoms with Crippen LogP contribution in [0.1, 0.15) is 33.6 Å². The van der Waals surface area contributed by atoms with Gasteiger partial charge in [0.2, 0.25) is 5.91 Å². The van der Waals surface area contributed by atoms with Crippen LogP contribution in [0.4, 0.5) is 0 Å². The van der Waals surface area contributed by atoms with Crippen LogP contribution in [-0.4, -0.2) is 25.7 Å². The Hall–Kier alpha value is -0.570. The fourth-order valence-corrected chi connectivity index (χ4v) is 0.981. The Morgan fingerprint density at radius 2 is 2.00 bits per heavy atom. The predicted octanol–water partition coefficient (Wildman–Crippen LogP) is 1.57. The molecule has 0 aliphatic carbocycles. The highest BCUT2D eigenvalue weighted by Gasteiger charge is 2.15. The zero-order chi connectivity index (χ0) is 10.3. The van der Waals surface area contributed by atoms with Gasteiger partial charge < -0.3 is 10.1 Å². The third-order valence-electron chi connectivity index (χ3n) is 2.27. The molecule has 0 bridgehead atoms. The molecule has 0 aromatic rings. The fraction of sp³-hybridized carbons (Fsp3) is 0.900. The first-order valence-corrected chi connectivity index (χ1v) is 4.98. The number of rotatable bonds is 6. The second-order valence-corrected chi connectivity index (χ2v) is 3.27. The third kappa shape index (κ3) is 4.88. The summed E-state index contributed by atoms with van der Waals surface area (Å²) in [5.41, 5.74) is 0. The molecule has 0 aliphatic rings. The molecule has 2 atom stereocenters. The Labute approximate surface area is 80.8 Å². The maximum atomic E-state index is 11.3. The summed E-state index contributed by atoms with van der Waals surface area (Å²) in [5.74, 6) is 0.0739. The largest absolute Gasteiger partial charge is 0.378 e. The Morgan fingerprint density at radius 1 is 1.38 bits per heavy atom. The first-order valence-electron chi connectivity index (χ1n) is 4.98. The molecule has 78 valence electrons. The van der Waals surface area contributed by atoms with Crippen LogP contribution in [0.3, 0.4) is 0 Å². The maximum Gasteiger partial charge on any atom is 0.225 e.